The molecule has 9 nitrogen and oxygen atoms in total. The summed E-state index contributed by atoms with van der Waals surface area (Å²) in [5.41, 5.74) is 2.53. The van der Waals surface area contributed by atoms with Gasteiger partial charge < -0.3 is 23.0 Å². The minimum atomic E-state index is -0.810. The molecule has 0 N–H and O–H groups in total. The Morgan fingerprint density at radius 3 is 2.50 bits per heavy atom. The van der Waals surface area contributed by atoms with Crippen LogP contribution in [0, 0.1) is 20.8 Å². The van der Waals surface area contributed by atoms with Crippen molar-refractivity contribution < 1.29 is 23.5 Å². The van der Waals surface area contributed by atoms with Crippen molar-refractivity contribution in [2.24, 2.45) is 7.05 Å². The Morgan fingerprint density at radius 2 is 1.82 bits per heavy atom. The second kappa shape index (κ2) is 9.01. The summed E-state index contributed by atoms with van der Waals surface area (Å²) in [6, 6.07) is 9.34. The first kappa shape index (κ1) is 23.0. The molecule has 3 heterocycles. The van der Waals surface area contributed by atoms with Crippen molar-refractivity contribution in [1.82, 2.24) is 14.1 Å². The van der Waals surface area contributed by atoms with Gasteiger partial charge in [0.05, 0.1) is 6.61 Å². The lowest BCUT2D eigenvalue weighted by molar-refractivity contribution is 0.0474. The smallest absolute Gasteiger partial charge is 0.343 e. The molecule has 0 bridgehead atoms. The molecule has 0 saturated carbocycles. The summed E-state index contributed by atoms with van der Waals surface area (Å²) in [4.78, 5) is 42.2. The van der Waals surface area contributed by atoms with Crippen LogP contribution in [0.1, 0.15) is 44.8 Å². The van der Waals surface area contributed by atoms with Crippen LogP contribution < -0.4 is 10.3 Å². The summed E-state index contributed by atoms with van der Waals surface area (Å²) >= 11 is 0. The number of rotatable bonds is 7. The van der Waals surface area contributed by atoms with E-state index in [1.165, 1.54) is 17.9 Å². The van der Waals surface area contributed by atoms with Crippen molar-refractivity contribution in [3.63, 3.8) is 0 Å². The van der Waals surface area contributed by atoms with Gasteiger partial charge in [0.2, 0.25) is 11.5 Å². The van der Waals surface area contributed by atoms with Gasteiger partial charge in [-0.05, 0) is 58.0 Å². The molecule has 3 aromatic heterocycles. The predicted octanol–water partition coefficient (Wildman–Crippen LogP) is 3.68. The van der Waals surface area contributed by atoms with E-state index in [1.807, 2.05) is 49.6 Å². The van der Waals surface area contributed by atoms with Gasteiger partial charge in [0.15, 0.2) is 6.61 Å². The second-order valence-electron chi connectivity index (χ2n) is 7.92. The zero-order chi connectivity index (χ0) is 24.6. The van der Waals surface area contributed by atoms with E-state index in [1.54, 1.807) is 13.0 Å². The predicted molar refractivity (Wildman–Crippen MR) is 125 cm³/mol. The molecule has 0 fully saturated rings. The molecule has 1 aromatic carbocycles. The van der Waals surface area contributed by atoms with E-state index in [4.69, 9.17) is 13.9 Å². The fraction of sp³-hybridized carbons (Fsp3) is 0.280. The van der Waals surface area contributed by atoms with Gasteiger partial charge in [-0.15, -0.1) is 0 Å². The number of benzene rings is 1. The fourth-order valence-electron chi connectivity index (χ4n) is 4.01. The number of fused-ring (bicyclic) bond motifs is 1. The van der Waals surface area contributed by atoms with Crippen LogP contribution in [0.4, 0.5) is 0 Å². The van der Waals surface area contributed by atoms with Gasteiger partial charge in [0, 0.05) is 29.7 Å². The molecule has 9 heteroatoms. The molecule has 34 heavy (non-hydrogen) atoms. The van der Waals surface area contributed by atoms with Gasteiger partial charge in [0.1, 0.15) is 28.8 Å². The molecule has 0 spiro atoms. The molecule has 176 valence electrons. The molecule has 0 aliphatic heterocycles. The number of hydrogen-bond donors (Lipinski definition) is 0. The van der Waals surface area contributed by atoms with Gasteiger partial charge in [-0.2, -0.15) is 0 Å². The third-order valence-corrected chi connectivity index (χ3v) is 5.62. The van der Waals surface area contributed by atoms with Crippen molar-refractivity contribution in [1.29, 1.82) is 0 Å². The third kappa shape index (κ3) is 4.00. The van der Waals surface area contributed by atoms with Gasteiger partial charge in [-0.3, -0.25) is 9.59 Å². The van der Waals surface area contributed by atoms with Crippen LogP contribution in [-0.4, -0.2) is 39.1 Å². The number of aromatic nitrogens is 3. The number of esters is 1. The molecule has 0 saturated heterocycles. The van der Waals surface area contributed by atoms with E-state index < -0.39 is 18.1 Å². The molecule has 4 aromatic rings. The Morgan fingerprint density at radius 1 is 1.12 bits per heavy atom. The van der Waals surface area contributed by atoms with Gasteiger partial charge in [-0.25, -0.2) is 9.78 Å². The Bertz CT molecular complexity index is 1460. The van der Waals surface area contributed by atoms with Gasteiger partial charge in [-0.1, -0.05) is 0 Å². The average Bonchev–Trinajstić information content (AvgIpc) is 3.31. The summed E-state index contributed by atoms with van der Waals surface area (Å²) in [5.74, 6) is -0.189. The second-order valence-corrected chi connectivity index (χ2v) is 7.92. The molecule has 0 aliphatic carbocycles. The summed E-state index contributed by atoms with van der Waals surface area (Å²) in [6.07, 6.45) is 1.31. The Kier molecular flexibility index (Phi) is 6.10. The maximum atomic E-state index is 12.9. The van der Waals surface area contributed by atoms with Crippen LogP contribution in [0.5, 0.6) is 5.75 Å². The summed E-state index contributed by atoms with van der Waals surface area (Å²) in [5, 5.41) is 0.0358. The van der Waals surface area contributed by atoms with Crippen LogP contribution in [0.2, 0.25) is 0 Å². The molecular formula is C25H25N3O6. The number of aryl methyl sites for hydroxylation is 3. The Labute approximate surface area is 195 Å². The summed E-state index contributed by atoms with van der Waals surface area (Å²) < 4.78 is 19.4. The zero-order valence-electron chi connectivity index (χ0n) is 19.7. The number of carbonyl (C=O) groups excluding carboxylic acids is 2. The maximum Gasteiger partial charge on any atom is 0.343 e. The Hall–Kier alpha value is -4.14. The normalized spacial score (nSPS) is 11.1. The average molecular weight is 463 g/mol. The Balaban J connectivity index is 1.55. The van der Waals surface area contributed by atoms with Crippen molar-refractivity contribution in [3.05, 3.63) is 75.3 Å². The van der Waals surface area contributed by atoms with Crippen LogP contribution >= 0.6 is 0 Å². The number of ketones is 1. The third-order valence-electron chi connectivity index (χ3n) is 5.62. The lowest BCUT2D eigenvalue weighted by Crippen LogP contribution is -2.20. The molecule has 0 aliphatic rings. The topological polar surface area (TPSA) is 106 Å². The summed E-state index contributed by atoms with van der Waals surface area (Å²) in [7, 11) is 1.52. The monoisotopic (exact) mass is 463 g/mol. The highest BCUT2D eigenvalue weighted by Gasteiger charge is 2.25. The van der Waals surface area contributed by atoms with E-state index in [2.05, 4.69) is 4.98 Å². The van der Waals surface area contributed by atoms with Crippen LogP contribution in [0.25, 0.3) is 16.8 Å². The van der Waals surface area contributed by atoms with E-state index >= 15 is 0 Å². The SMILES string of the molecule is CCOc1ccc(-n2c(C)cc(C(=O)COC(=O)c3c(C)oc4ncn(C)c(=O)c34)c2C)cc1. The molecule has 4 rings (SSSR count). The number of Topliss-reactive ketones (excluding diaryl/α,β-unsaturated/α-hetero) is 1. The minimum Gasteiger partial charge on any atom is -0.494 e. The fourth-order valence-corrected chi connectivity index (χ4v) is 4.01. The lowest BCUT2D eigenvalue weighted by Gasteiger charge is -2.11. The van der Waals surface area contributed by atoms with Gasteiger partial charge in [0.25, 0.3) is 5.56 Å². The van der Waals surface area contributed by atoms with Gasteiger partial charge >= 0.3 is 5.97 Å². The highest BCUT2D eigenvalue weighted by molar-refractivity contribution is 6.05. The van der Waals surface area contributed by atoms with Crippen molar-refractivity contribution >= 4 is 22.9 Å². The van der Waals surface area contributed by atoms with Crippen molar-refractivity contribution in [2.45, 2.75) is 27.7 Å². The molecular weight excluding hydrogens is 438 g/mol. The van der Waals surface area contributed by atoms with E-state index in [0.717, 1.165) is 22.8 Å². The van der Waals surface area contributed by atoms with Crippen LogP contribution in [-0.2, 0) is 11.8 Å². The van der Waals surface area contributed by atoms with Crippen LogP contribution in [0.3, 0.4) is 0 Å². The molecule has 0 amide bonds. The largest absolute Gasteiger partial charge is 0.494 e. The first-order valence-corrected chi connectivity index (χ1v) is 10.8. The molecule has 0 atom stereocenters. The quantitative estimate of drug-likeness (QED) is 0.304. The maximum absolute atomic E-state index is 12.9. The van der Waals surface area contributed by atoms with E-state index in [9.17, 15) is 14.4 Å². The molecule has 0 unspecified atom stereocenters. The first-order valence-electron chi connectivity index (χ1n) is 10.8. The number of ether oxygens (including phenoxy) is 2. The zero-order valence-corrected chi connectivity index (χ0v) is 19.7. The van der Waals surface area contributed by atoms with E-state index in [0.29, 0.717) is 12.2 Å². The highest BCUT2D eigenvalue weighted by atomic mass is 16.5. The number of furan rings is 1. The minimum absolute atomic E-state index is 0.0173. The lowest BCUT2D eigenvalue weighted by atomic mass is 10.1. The number of nitrogens with zero attached hydrogens (tertiary/aromatic N) is 3. The van der Waals surface area contributed by atoms with E-state index in [-0.39, 0.29) is 28.2 Å². The standard InChI is InChI=1S/C25H25N3O6/c1-6-32-18-9-7-17(8-10-18)28-14(2)11-19(15(28)3)20(29)12-33-25(31)21-16(4)34-23-22(21)24(30)27(5)13-26-23/h7-11,13H,6,12H2,1-5H3. The van der Waals surface area contributed by atoms with Crippen molar-refractivity contribution in [2.75, 3.05) is 13.2 Å². The van der Waals surface area contributed by atoms with Crippen LogP contribution in [0.15, 0.2) is 45.9 Å². The molecule has 0 radical (unpaired) electrons. The number of carbonyl (C=O) groups is 2. The number of hydrogen-bond acceptors (Lipinski definition) is 7. The van der Waals surface area contributed by atoms with Crippen molar-refractivity contribution in [3.8, 4) is 11.4 Å². The summed E-state index contributed by atoms with van der Waals surface area (Å²) in [6.45, 7) is 7.31. The first-order chi connectivity index (χ1) is 16.2. The highest BCUT2D eigenvalue weighted by Crippen LogP contribution is 2.24.